The standard InChI is InChI=1S/C14H18FNO3/c1-2-13-9(5-6-19-13)8-16-12-4-3-10(15)7-11(12)14(17)18/h3-4,7,9,13,16H,2,5-6,8H2,1H3,(H,17,18). The monoisotopic (exact) mass is 267 g/mol. The Morgan fingerprint density at radius 2 is 2.37 bits per heavy atom. The molecule has 4 nitrogen and oxygen atoms in total. The van der Waals surface area contributed by atoms with Crippen LogP contribution < -0.4 is 5.32 Å². The van der Waals surface area contributed by atoms with E-state index >= 15 is 0 Å². The normalized spacial score (nSPS) is 22.4. The lowest BCUT2D eigenvalue weighted by molar-refractivity contribution is 0.0697. The molecule has 2 rings (SSSR count). The van der Waals surface area contributed by atoms with E-state index in [1.165, 1.54) is 12.1 Å². The molecule has 5 heteroatoms. The SMILES string of the molecule is CCC1OCCC1CNc1ccc(F)cc1C(=O)O. The first kappa shape index (κ1) is 13.8. The summed E-state index contributed by atoms with van der Waals surface area (Å²) in [6, 6.07) is 3.76. The molecule has 0 radical (unpaired) electrons. The Kier molecular flexibility index (Phi) is 4.37. The van der Waals surface area contributed by atoms with E-state index in [-0.39, 0.29) is 11.7 Å². The molecule has 19 heavy (non-hydrogen) atoms. The first-order valence-corrected chi connectivity index (χ1v) is 6.50. The van der Waals surface area contributed by atoms with Gasteiger partial charge < -0.3 is 15.2 Å². The molecule has 1 aromatic carbocycles. The van der Waals surface area contributed by atoms with Crippen LogP contribution in [0, 0.1) is 11.7 Å². The second-order valence-corrected chi connectivity index (χ2v) is 4.74. The Morgan fingerprint density at radius 3 is 3.05 bits per heavy atom. The summed E-state index contributed by atoms with van der Waals surface area (Å²) in [5, 5.41) is 12.1. The summed E-state index contributed by atoms with van der Waals surface area (Å²) in [6.07, 6.45) is 2.14. The fraction of sp³-hybridized carbons (Fsp3) is 0.500. The van der Waals surface area contributed by atoms with E-state index in [9.17, 15) is 9.18 Å². The molecule has 1 heterocycles. The number of aromatic carboxylic acids is 1. The zero-order valence-corrected chi connectivity index (χ0v) is 10.9. The highest BCUT2D eigenvalue weighted by molar-refractivity contribution is 5.94. The number of benzene rings is 1. The quantitative estimate of drug-likeness (QED) is 0.861. The van der Waals surface area contributed by atoms with Crippen molar-refractivity contribution in [3.63, 3.8) is 0 Å². The summed E-state index contributed by atoms with van der Waals surface area (Å²) in [4.78, 5) is 11.1. The van der Waals surface area contributed by atoms with Crippen molar-refractivity contribution in [3.8, 4) is 0 Å². The first-order valence-electron chi connectivity index (χ1n) is 6.50. The molecule has 0 spiro atoms. The topological polar surface area (TPSA) is 58.6 Å². The Labute approximate surface area is 111 Å². The van der Waals surface area contributed by atoms with Crippen molar-refractivity contribution < 1.29 is 19.0 Å². The number of hydrogen-bond donors (Lipinski definition) is 2. The number of halogens is 1. The molecule has 1 aliphatic rings. The highest BCUT2D eigenvalue weighted by Crippen LogP contribution is 2.25. The maximum absolute atomic E-state index is 13.1. The van der Waals surface area contributed by atoms with E-state index in [1.54, 1.807) is 0 Å². The summed E-state index contributed by atoms with van der Waals surface area (Å²) in [5.74, 6) is -1.30. The summed E-state index contributed by atoms with van der Waals surface area (Å²) >= 11 is 0. The van der Waals surface area contributed by atoms with Gasteiger partial charge in [-0.1, -0.05) is 6.92 Å². The summed E-state index contributed by atoms with van der Waals surface area (Å²) in [6.45, 7) is 3.47. The smallest absolute Gasteiger partial charge is 0.337 e. The second kappa shape index (κ2) is 6.02. The van der Waals surface area contributed by atoms with Crippen LogP contribution in [0.2, 0.25) is 0 Å². The zero-order chi connectivity index (χ0) is 13.8. The maximum atomic E-state index is 13.1. The van der Waals surface area contributed by atoms with Crippen LogP contribution in [0.1, 0.15) is 30.1 Å². The van der Waals surface area contributed by atoms with Crippen molar-refractivity contribution in [2.45, 2.75) is 25.9 Å². The predicted octanol–water partition coefficient (Wildman–Crippen LogP) is 2.75. The molecule has 0 bridgehead atoms. The number of carboxylic acid groups (broad SMARTS) is 1. The summed E-state index contributed by atoms with van der Waals surface area (Å²) in [5.41, 5.74) is 0.419. The molecule has 2 atom stereocenters. The Morgan fingerprint density at radius 1 is 1.58 bits per heavy atom. The Hall–Kier alpha value is -1.62. The van der Waals surface area contributed by atoms with Gasteiger partial charge >= 0.3 is 5.97 Å². The molecule has 104 valence electrons. The lowest BCUT2D eigenvalue weighted by Gasteiger charge is -2.18. The molecule has 0 saturated carbocycles. The van der Waals surface area contributed by atoms with E-state index < -0.39 is 11.8 Å². The van der Waals surface area contributed by atoms with Crippen molar-refractivity contribution in [3.05, 3.63) is 29.6 Å². The third-order valence-corrected chi connectivity index (χ3v) is 3.52. The molecule has 1 aromatic rings. The van der Waals surface area contributed by atoms with Crippen LogP contribution in [0.15, 0.2) is 18.2 Å². The van der Waals surface area contributed by atoms with E-state index in [1.807, 2.05) is 0 Å². The lowest BCUT2D eigenvalue weighted by atomic mass is 9.99. The van der Waals surface area contributed by atoms with Gasteiger partial charge in [-0.3, -0.25) is 0 Å². The molecule has 1 saturated heterocycles. The Balaban J connectivity index is 2.05. The van der Waals surface area contributed by atoms with Crippen molar-refractivity contribution >= 4 is 11.7 Å². The zero-order valence-electron chi connectivity index (χ0n) is 10.9. The van der Waals surface area contributed by atoms with E-state index in [2.05, 4.69) is 12.2 Å². The summed E-state index contributed by atoms with van der Waals surface area (Å²) in [7, 11) is 0. The van der Waals surface area contributed by atoms with Crippen LogP contribution in [0.3, 0.4) is 0 Å². The third-order valence-electron chi connectivity index (χ3n) is 3.52. The van der Waals surface area contributed by atoms with Crippen LogP contribution in [0.4, 0.5) is 10.1 Å². The predicted molar refractivity (Wildman–Crippen MR) is 70.0 cm³/mol. The summed E-state index contributed by atoms with van der Waals surface area (Å²) < 4.78 is 18.6. The average molecular weight is 267 g/mol. The molecule has 1 fully saturated rings. The number of ether oxygens (including phenoxy) is 1. The van der Waals surface area contributed by atoms with Gasteiger partial charge in [0.2, 0.25) is 0 Å². The first-order chi connectivity index (χ1) is 9.11. The van der Waals surface area contributed by atoms with E-state index in [4.69, 9.17) is 9.84 Å². The third kappa shape index (κ3) is 3.23. The van der Waals surface area contributed by atoms with Gasteiger partial charge in [0, 0.05) is 24.8 Å². The minimum absolute atomic E-state index is 0.0352. The number of carboxylic acids is 1. The van der Waals surface area contributed by atoms with Crippen LogP contribution in [0.5, 0.6) is 0 Å². The number of anilines is 1. The maximum Gasteiger partial charge on any atom is 0.337 e. The molecular weight excluding hydrogens is 249 g/mol. The van der Waals surface area contributed by atoms with Gasteiger partial charge in [0.15, 0.2) is 0 Å². The van der Waals surface area contributed by atoms with Crippen LogP contribution in [0.25, 0.3) is 0 Å². The van der Waals surface area contributed by atoms with Crippen molar-refractivity contribution in [1.82, 2.24) is 0 Å². The highest BCUT2D eigenvalue weighted by Gasteiger charge is 2.26. The highest BCUT2D eigenvalue weighted by atomic mass is 19.1. The van der Waals surface area contributed by atoms with Gasteiger partial charge in [-0.2, -0.15) is 0 Å². The molecule has 0 amide bonds. The molecule has 2 unspecified atom stereocenters. The number of hydrogen-bond acceptors (Lipinski definition) is 3. The van der Waals surface area contributed by atoms with Gasteiger partial charge in [-0.15, -0.1) is 0 Å². The van der Waals surface area contributed by atoms with E-state index in [0.717, 1.165) is 25.5 Å². The fourth-order valence-corrected chi connectivity index (χ4v) is 2.47. The molecule has 1 aliphatic heterocycles. The van der Waals surface area contributed by atoms with Crippen LogP contribution in [-0.4, -0.2) is 30.3 Å². The van der Waals surface area contributed by atoms with Crippen molar-refractivity contribution in [2.24, 2.45) is 5.92 Å². The van der Waals surface area contributed by atoms with E-state index in [0.29, 0.717) is 18.2 Å². The minimum Gasteiger partial charge on any atom is -0.478 e. The van der Waals surface area contributed by atoms with Crippen LogP contribution >= 0.6 is 0 Å². The van der Waals surface area contributed by atoms with Crippen molar-refractivity contribution in [1.29, 1.82) is 0 Å². The molecule has 0 aromatic heterocycles. The number of carbonyl (C=O) groups is 1. The molecular formula is C14H18FNO3. The average Bonchev–Trinajstić information content (AvgIpc) is 2.84. The fourth-order valence-electron chi connectivity index (χ4n) is 2.47. The minimum atomic E-state index is -1.13. The van der Waals surface area contributed by atoms with Gasteiger partial charge in [0.1, 0.15) is 5.82 Å². The molecule has 0 aliphatic carbocycles. The lowest BCUT2D eigenvalue weighted by Crippen LogP contribution is -2.23. The van der Waals surface area contributed by atoms with Crippen molar-refractivity contribution in [2.75, 3.05) is 18.5 Å². The second-order valence-electron chi connectivity index (χ2n) is 4.74. The molecule has 2 N–H and O–H groups in total. The van der Waals surface area contributed by atoms with Gasteiger partial charge in [0.05, 0.1) is 11.7 Å². The largest absolute Gasteiger partial charge is 0.478 e. The Bertz CT molecular complexity index is 464. The number of nitrogens with one attached hydrogen (secondary N) is 1. The van der Waals surface area contributed by atoms with Crippen LogP contribution in [-0.2, 0) is 4.74 Å². The van der Waals surface area contributed by atoms with Gasteiger partial charge in [-0.05, 0) is 31.0 Å². The van der Waals surface area contributed by atoms with Gasteiger partial charge in [-0.25, -0.2) is 9.18 Å². The number of rotatable bonds is 5. The van der Waals surface area contributed by atoms with Gasteiger partial charge in [0.25, 0.3) is 0 Å².